The molecule has 1 aromatic carbocycles. The van der Waals surface area contributed by atoms with Crippen LogP contribution in [0.4, 0.5) is 0 Å². The van der Waals surface area contributed by atoms with Crippen LogP contribution >= 0.6 is 0 Å². The van der Waals surface area contributed by atoms with Crippen molar-refractivity contribution in [3.63, 3.8) is 0 Å². The van der Waals surface area contributed by atoms with E-state index < -0.39 is 34.3 Å². The molecule has 156 valence electrons. The highest BCUT2D eigenvalue weighted by Gasteiger charge is 2.49. The number of ketones is 2. The summed E-state index contributed by atoms with van der Waals surface area (Å²) in [6.07, 6.45) is 5.95. The fourth-order valence-corrected chi connectivity index (χ4v) is 4.71. The van der Waals surface area contributed by atoms with Gasteiger partial charge in [0, 0.05) is 36.1 Å². The number of rotatable bonds is 2. The van der Waals surface area contributed by atoms with Gasteiger partial charge in [-0.05, 0) is 26.7 Å². The van der Waals surface area contributed by atoms with E-state index in [-0.39, 0.29) is 46.8 Å². The lowest BCUT2D eigenvalue weighted by Gasteiger charge is -2.44. The van der Waals surface area contributed by atoms with Gasteiger partial charge >= 0.3 is 0 Å². The number of hydrogen-bond donors (Lipinski definition) is 5. The van der Waals surface area contributed by atoms with Crippen LogP contribution in [0.1, 0.15) is 77.8 Å². The fourth-order valence-electron chi connectivity index (χ4n) is 4.71. The molecule has 0 bridgehead atoms. The second-order valence-corrected chi connectivity index (χ2v) is 9.04. The van der Waals surface area contributed by atoms with Crippen LogP contribution in [0, 0.1) is 0 Å². The fraction of sp³-hybridized carbons (Fsp3) is 0.545. The third kappa shape index (κ3) is 3.04. The molecule has 1 fully saturated rings. The Bertz CT molecular complexity index is 937. The molecule has 0 aliphatic heterocycles. The molecule has 0 spiro atoms. The maximum Gasteiger partial charge on any atom is 0.213 e. The van der Waals surface area contributed by atoms with Gasteiger partial charge in [0.05, 0.1) is 28.0 Å². The van der Waals surface area contributed by atoms with Crippen molar-refractivity contribution in [2.24, 2.45) is 0 Å². The van der Waals surface area contributed by atoms with E-state index in [1.807, 2.05) is 0 Å². The number of aliphatic hydroxyl groups is 2. The molecule has 3 aliphatic carbocycles. The van der Waals surface area contributed by atoms with Gasteiger partial charge in [0.1, 0.15) is 11.5 Å². The zero-order valence-electron chi connectivity index (χ0n) is 16.7. The summed E-state index contributed by atoms with van der Waals surface area (Å²) in [4.78, 5) is 25.9. The minimum absolute atomic E-state index is 0.0949. The minimum atomic E-state index is -1.57. The van der Waals surface area contributed by atoms with E-state index in [0.717, 1.165) is 32.1 Å². The maximum absolute atomic E-state index is 13.1. The topological polar surface area (TPSA) is 127 Å². The smallest absolute Gasteiger partial charge is 0.213 e. The first-order valence-corrected chi connectivity index (χ1v) is 10.1. The van der Waals surface area contributed by atoms with Gasteiger partial charge in [-0.1, -0.05) is 19.3 Å². The van der Waals surface area contributed by atoms with Crippen LogP contribution in [0.2, 0.25) is 0 Å². The Kier molecular flexibility index (Phi) is 4.51. The van der Waals surface area contributed by atoms with Crippen molar-refractivity contribution in [1.29, 1.82) is 0 Å². The van der Waals surface area contributed by atoms with Crippen LogP contribution in [0.3, 0.4) is 0 Å². The van der Waals surface area contributed by atoms with Crippen molar-refractivity contribution in [3.8, 4) is 11.5 Å². The van der Waals surface area contributed by atoms with E-state index in [2.05, 4.69) is 5.32 Å². The number of benzene rings is 1. The van der Waals surface area contributed by atoms with Crippen LogP contribution in [0.25, 0.3) is 0 Å². The number of aromatic hydroxyl groups is 2. The number of carbonyl (C=O) groups is 2. The summed E-state index contributed by atoms with van der Waals surface area (Å²) < 4.78 is 0. The first kappa shape index (κ1) is 19.9. The van der Waals surface area contributed by atoms with E-state index >= 15 is 0 Å². The number of phenolic OH excluding ortho intramolecular Hbond substituents is 2. The van der Waals surface area contributed by atoms with Crippen molar-refractivity contribution in [1.82, 2.24) is 5.32 Å². The summed E-state index contributed by atoms with van der Waals surface area (Å²) in [5.74, 6) is -1.92. The van der Waals surface area contributed by atoms with Crippen LogP contribution in [0.15, 0.2) is 11.8 Å². The number of carbonyl (C=O) groups excluding carboxylic acids is 2. The Balaban J connectivity index is 1.79. The molecule has 1 aromatic rings. The summed E-state index contributed by atoms with van der Waals surface area (Å²) in [6.45, 7) is 2.87. The first-order valence-electron chi connectivity index (χ1n) is 10.1. The van der Waals surface area contributed by atoms with Gasteiger partial charge in [-0.2, -0.15) is 0 Å². The Hall–Kier alpha value is -2.38. The monoisotopic (exact) mass is 401 g/mol. The summed E-state index contributed by atoms with van der Waals surface area (Å²) in [5.41, 5.74) is -3.10. The Morgan fingerprint density at radius 1 is 0.897 bits per heavy atom. The number of allylic oxidation sites excluding steroid dienone is 2. The van der Waals surface area contributed by atoms with Crippen molar-refractivity contribution in [2.75, 3.05) is 0 Å². The van der Waals surface area contributed by atoms with Crippen LogP contribution in [0.5, 0.6) is 11.5 Å². The average Bonchev–Trinajstić information content (AvgIpc) is 2.65. The lowest BCUT2D eigenvalue weighted by molar-refractivity contribution is -0.135. The molecule has 7 heteroatoms. The molecule has 29 heavy (non-hydrogen) atoms. The van der Waals surface area contributed by atoms with Gasteiger partial charge in [0.25, 0.3) is 0 Å². The van der Waals surface area contributed by atoms with Crippen LogP contribution in [-0.4, -0.2) is 49.2 Å². The predicted octanol–water partition coefficient (Wildman–Crippen LogP) is 1.88. The van der Waals surface area contributed by atoms with Crippen LogP contribution < -0.4 is 5.32 Å². The number of nitrogens with one attached hydrogen (secondary N) is 1. The number of phenols is 2. The molecule has 1 saturated carbocycles. The quantitative estimate of drug-likeness (QED) is 0.479. The first-order chi connectivity index (χ1) is 13.5. The molecular weight excluding hydrogens is 374 g/mol. The highest BCUT2D eigenvalue weighted by atomic mass is 16.4. The molecule has 2 atom stereocenters. The Morgan fingerprint density at radius 3 is 1.97 bits per heavy atom. The average molecular weight is 401 g/mol. The Morgan fingerprint density at radius 2 is 1.41 bits per heavy atom. The molecule has 0 aromatic heterocycles. The van der Waals surface area contributed by atoms with E-state index in [0.29, 0.717) is 0 Å². The standard InChI is InChI=1S/C22H27NO6/c1-21(28)9-12-13(10-22(21,2)29)19(26)17-16(18(12)25)15(24)8-14(20(17)27)23-11-6-4-3-5-7-11/h8,11,23,25-26,28-29H,3-7,9-10H2,1-2H3/t21-,22+/m1/s1. The molecule has 0 unspecified atom stereocenters. The van der Waals surface area contributed by atoms with Gasteiger partial charge < -0.3 is 25.7 Å². The molecule has 0 heterocycles. The van der Waals surface area contributed by atoms with Gasteiger partial charge in [-0.25, -0.2) is 0 Å². The molecule has 0 saturated heterocycles. The highest BCUT2D eigenvalue weighted by Crippen LogP contribution is 2.48. The lowest BCUT2D eigenvalue weighted by atomic mass is 9.69. The lowest BCUT2D eigenvalue weighted by Crippen LogP contribution is -2.55. The molecule has 3 aliphatic rings. The third-order valence-corrected chi connectivity index (χ3v) is 6.82. The van der Waals surface area contributed by atoms with Gasteiger partial charge in [0.2, 0.25) is 5.78 Å². The van der Waals surface area contributed by atoms with Crippen molar-refractivity contribution < 1.29 is 30.0 Å². The second-order valence-electron chi connectivity index (χ2n) is 9.04. The van der Waals surface area contributed by atoms with Gasteiger partial charge in [-0.3, -0.25) is 9.59 Å². The molecule has 0 radical (unpaired) electrons. The van der Waals surface area contributed by atoms with Crippen molar-refractivity contribution in [2.45, 2.75) is 76.0 Å². The predicted molar refractivity (Wildman–Crippen MR) is 105 cm³/mol. The van der Waals surface area contributed by atoms with E-state index in [9.17, 15) is 30.0 Å². The number of fused-ring (bicyclic) bond motifs is 2. The zero-order chi connectivity index (χ0) is 21.1. The zero-order valence-corrected chi connectivity index (χ0v) is 16.7. The summed E-state index contributed by atoms with van der Waals surface area (Å²) in [5, 5.41) is 46.0. The molecule has 0 amide bonds. The normalized spacial score (nSPS) is 29.9. The molecule has 7 nitrogen and oxygen atoms in total. The van der Waals surface area contributed by atoms with Crippen LogP contribution in [-0.2, 0) is 12.8 Å². The number of hydrogen-bond acceptors (Lipinski definition) is 7. The highest BCUT2D eigenvalue weighted by molar-refractivity contribution is 6.26. The molecule has 5 N–H and O–H groups in total. The minimum Gasteiger partial charge on any atom is -0.507 e. The summed E-state index contributed by atoms with van der Waals surface area (Å²) in [7, 11) is 0. The van der Waals surface area contributed by atoms with Crippen molar-refractivity contribution in [3.05, 3.63) is 34.0 Å². The van der Waals surface area contributed by atoms with E-state index in [4.69, 9.17) is 0 Å². The largest absolute Gasteiger partial charge is 0.507 e. The maximum atomic E-state index is 13.1. The summed E-state index contributed by atoms with van der Waals surface area (Å²) >= 11 is 0. The molecule has 4 rings (SSSR count). The number of Topliss-reactive ketones (excluding diaryl/α,β-unsaturated/α-hetero) is 1. The Labute approximate surface area is 169 Å². The second kappa shape index (κ2) is 6.57. The van der Waals surface area contributed by atoms with E-state index in [1.54, 1.807) is 0 Å². The third-order valence-electron chi connectivity index (χ3n) is 6.82. The molecular formula is C22H27NO6. The SMILES string of the molecule is C[C@]1(O)Cc2c(O)c3c(c(O)c2C[C@@]1(C)O)C(=O)C=C(NC1CCCCC1)C3=O. The van der Waals surface area contributed by atoms with Gasteiger partial charge in [-0.15, -0.1) is 0 Å². The summed E-state index contributed by atoms with van der Waals surface area (Å²) in [6, 6.07) is 0.0949. The van der Waals surface area contributed by atoms with Gasteiger partial charge in [0.15, 0.2) is 5.78 Å². The van der Waals surface area contributed by atoms with E-state index in [1.165, 1.54) is 19.9 Å². The van der Waals surface area contributed by atoms with Crippen molar-refractivity contribution >= 4 is 11.6 Å².